The number of rotatable bonds is 4. The third-order valence-electron chi connectivity index (χ3n) is 1.96. The Morgan fingerprint density at radius 1 is 1.54 bits per heavy atom. The SMILES string of the molecule is CN(C)CCCC1NC(=S)NC1=O. The lowest BCUT2D eigenvalue weighted by Gasteiger charge is -2.11. The van der Waals surface area contributed by atoms with Gasteiger partial charge in [-0.1, -0.05) is 0 Å². The Balaban J connectivity index is 2.22. The maximum atomic E-state index is 11.2. The summed E-state index contributed by atoms with van der Waals surface area (Å²) in [5.41, 5.74) is 0. The van der Waals surface area contributed by atoms with E-state index >= 15 is 0 Å². The van der Waals surface area contributed by atoms with Gasteiger partial charge in [-0.3, -0.25) is 4.79 Å². The van der Waals surface area contributed by atoms with E-state index in [9.17, 15) is 4.79 Å². The van der Waals surface area contributed by atoms with Crippen molar-refractivity contribution in [3.8, 4) is 0 Å². The van der Waals surface area contributed by atoms with Gasteiger partial charge in [0.05, 0.1) is 0 Å². The Kier molecular flexibility index (Phi) is 3.62. The van der Waals surface area contributed by atoms with Gasteiger partial charge in [0.25, 0.3) is 0 Å². The highest BCUT2D eigenvalue weighted by molar-refractivity contribution is 7.80. The van der Waals surface area contributed by atoms with Crippen molar-refractivity contribution < 1.29 is 4.79 Å². The maximum Gasteiger partial charge on any atom is 0.248 e. The van der Waals surface area contributed by atoms with E-state index in [-0.39, 0.29) is 11.9 Å². The first kappa shape index (κ1) is 10.4. The first-order valence-corrected chi connectivity index (χ1v) is 4.76. The van der Waals surface area contributed by atoms with Gasteiger partial charge in [0.1, 0.15) is 6.04 Å². The molecule has 0 aromatic heterocycles. The number of thiocarbonyl (C=S) groups is 1. The van der Waals surface area contributed by atoms with E-state index in [0.29, 0.717) is 5.11 Å². The van der Waals surface area contributed by atoms with Gasteiger partial charge in [0.2, 0.25) is 5.91 Å². The third-order valence-corrected chi connectivity index (χ3v) is 2.18. The van der Waals surface area contributed by atoms with Crippen molar-refractivity contribution >= 4 is 23.2 Å². The van der Waals surface area contributed by atoms with Crippen LogP contribution in [0.5, 0.6) is 0 Å². The van der Waals surface area contributed by atoms with Crippen LogP contribution in [0.4, 0.5) is 0 Å². The number of hydrogen-bond donors (Lipinski definition) is 2. The summed E-state index contributed by atoms with van der Waals surface area (Å²) in [6.07, 6.45) is 1.84. The Morgan fingerprint density at radius 3 is 2.69 bits per heavy atom. The van der Waals surface area contributed by atoms with Crippen molar-refractivity contribution in [3.05, 3.63) is 0 Å². The van der Waals surface area contributed by atoms with Crippen LogP contribution in [0, 0.1) is 0 Å². The zero-order valence-electron chi connectivity index (χ0n) is 7.96. The van der Waals surface area contributed by atoms with Crippen LogP contribution in [-0.2, 0) is 4.79 Å². The first-order chi connectivity index (χ1) is 6.09. The average molecular weight is 201 g/mol. The number of carbonyl (C=O) groups excluding carboxylic acids is 1. The third kappa shape index (κ3) is 3.28. The molecule has 1 fully saturated rings. The monoisotopic (exact) mass is 201 g/mol. The van der Waals surface area contributed by atoms with Gasteiger partial charge in [-0.15, -0.1) is 0 Å². The van der Waals surface area contributed by atoms with Gasteiger partial charge in [0.15, 0.2) is 5.11 Å². The Hall–Kier alpha value is -0.680. The van der Waals surface area contributed by atoms with E-state index < -0.39 is 0 Å². The Bertz CT molecular complexity index is 217. The highest BCUT2D eigenvalue weighted by Gasteiger charge is 2.25. The van der Waals surface area contributed by atoms with Gasteiger partial charge >= 0.3 is 0 Å². The van der Waals surface area contributed by atoms with Crippen LogP contribution < -0.4 is 10.6 Å². The second kappa shape index (κ2) is 4.53. The molecule has 5 heteroatoms. The molecular weight excluding hydrogens is 186 g/mol. The molecule has 2 N–H and O–H groups in total. The average Bonchev–Trinajstić information content (AvgIpc) is 2.29. The minimum Gasteiger partial charge on any atom is -0.351 e. The molecule has 1 rings (SSSR count). The predicted octanol–water partition coefficient (Wildman–Crippen LogP) is -0.299. The standard InChI is InChI=1S/C8H15N3OS/c1-11(2)5-3-4-6-7(12)10-8(13)9-6/h6H,3-5H2,1-2H3,(H2,9,10,12,13). The normalized spacial score (nSPS) is 21.9. The minimum absolute atomic E-state index is 0.00348. The smallest absolute Gasteiger partial charge is 0.248 e. The topological polar surface area (TPSA) is 44.4 Å². The number of amides is 1. The van der Waals surface area contributed by atoms with Crippen LogP contribution in [0.2, 0.25) is 0 Å². The largest absolute Gasteiger partial charge is 0.351 e. The Labute approximate surface area is 83.7 Å². The maximum absolute atomic E-state index is 11.2. The summed E-state index contributed by atoms with van der Waals surface area (Å²) in [5.74, 6) is 0.00348. The number of nitrogens with zero attached hydrogens (tertiary/aromatic N) is 1. The van der Waals surface area contributed by atoms with Crippen LogP contribution >= 0.6 is 12.2 Å². The second-order valence-electron chi connectivity index (χ2n) is 3.46. The molecule has 1 saturated heterocycles. The van der Waals surface area contributed by atoms with Crippen LogP contribution in [0.15, 0.2) is 0 Å². The van der Waals surface area contributed by atoms with E-state index in [0.717, 1.165) is 19.4 Å². The highest BCUT2D eigenvalue weighted by atomic mass is 32.1. The molecule has 1 aliphatic rings. The molecule has 0 aromatic rings. The van der Waals surface area contributed by atoms with Gasteiger partial charge in [-0.25, -0.2) is 0 Å². The molecular formula is C8H15N3OS. The summed E-state index contributed by atoms with van der Waals surface area (Å²) in [6.45, 7) is 0.998. The van der Waals surface area contributed by atoms with E-state index in [4.69, 9.17) is 12.2 Å². The zero-order chi connectivity index (χ0) is 9.84. The molecule has 74 valence electrons. The summed E-state index contributed by atoms with van der Waals surface area (Å²) in [7, 11) is 4.04. The molecule has 1 aliphatic heterocycles. The van der Waals surface area contributed by atoms with Crippen molar-refractivity contribution in [2.24, 2.45) is 0 Å². The summed E-state index contributed by atoms with van der Waals surface area (Å²) < 4.78 is 0. The van der Waals surface area contributed by atoms with Crippen molar-refractivity contribution in [3.63, 3.8) is 0 Å². The lowest BCUT2D eigenvalue weighted by molar-refractivity contribution is -0.120. The molecule has 1 atom stereocenters. The molecule has 1 amide bonds. The fraction of sp³-hybridized carbons (Fsp3) is 0.750. The van der Waals surface area contributed by atoms with Crippen molar-refractivity contribution in [1.82, 2.24) is 15.5 Å². The minimum atomic E-state index is -0.118. The molecule has 1 heterocycles. The van der Waals surface area contributed by atoms with Gasteiger partial charge < -0.3 is 15.5 Å². The predicted molar refractivity (Wildman–Crippen MR) is 55.5 cm³/mol. The molecule has 0 aromatic carbocycles. The van der Waals surface area contributed by atoms with E-state index in [2.05, 4.69) is 15.5 Å². The van der Waals surface area contributed by atoms with Crippen molar-refractivity contribution in [1.29, 1.82) is 0 Å². The van der Waals surface area contributed by atoms with Crippen molar-refractivity contribution in [2.75, 3.05) is 20.6 Å². The van der Waals surface area contributed by atoms with Gasteiger partial charge in [0, 0.05) is 0 Å². The molecule has 0 radical (unpaired) electrons. The fourth-order valence-corrected chi connectivity index (χ4v) is 1.52. The van der Waals surface area contributed by atoms with Crippen LogP contribution in [-0.4, -0.2) is 42.6 Å². The molecule has 1 unspecified atom stereocenters. The molecule has 0 saturated carbocycles. The first-order valence-electron chi connectivity index (χ1n) is 4.35. The molecule has 4 nitrogen and oxygen atoms in total. The van der Waals surface area contributed by atoms with Gasteiger partial charge in [-0.05, 0) is 45.7 Å². The zero-order valence-corrected chi connectivity index (χ0v) is 8.78. The lowest BCUT2D eigenvalue weighted by Crippen LogP contribution is -2.29. The summed E-state index contributed by atoms with van der Waals surface area (Å²) >= 11 is 4.82. The van der Waals surface area contributed by atoms with E-state index in [1.807, 2.05) is 14.1 Å². The number of hydrogen-bond acceptors (Lipinski definition) is 3. The van der Waals surface area contributed by atoms with Crippen LogP contribution in [0.1, 0.15) is 12.8 Å². The van der Waals surface area contributed by atoms with E-state index in [1.54, 1.807) is 0 Å². The molecule has 0 aliphatic carbocycles. The molecule has 0 spiro atoms. The lowest BCUT2D eigenvalue weighted by atomic mass is 10.1. The summed E-state index contributed by atoms with van der Waals surface area (Å²) in [5, 5.41) is 5.96. The second-order valence-corrected chi connectivity index (χ2v) is 3.87. The molecule has 13 heavy (non-hydrogen) atoms. The molecule has 0 bridgehead atoms. The summed E-state index contributed by atoms with van der Waals surface area (Å²) in [6, 6.07) is -0.118. The van der Waals surface area contributed by atoms with Crippen LogP contribution in [0.3, 0.4) is 0 Å². The van der Waals surface area contributed by atoms with Crippen LogP contribution in [0.25, 0.3) is 0 Å². The van der Waals surface area contributed by atoms with E-state index in [1.165, 1.54) is 0 Å². The fourth-order valence-electron chi connectivity index (χ4n) is 1.27. The summed E-state index contributed by atoms with van der Waals surface area (Å²) in [4.78, 5) is 13.3. The quantitative estimate of drug-likeness (QED) is 0.613. The number of carbonyl (C=O) groups is 1. The van der Waals surface area contributed by atoms with Gasteiger partial charge in [-0.2, -0.15) is 0 Å². The highest BCUT2D eigenvalue weighted by Crippen LogP contribution is 2.02. The van der Waals surface area contributed by atoms with Crippen molar-refractivity contribution in [2.45, 2.75) is 18.9 Å². The Morgan fingerprint density at radius 2 is 2.23 bits per heavy atom. The number of nitrogens with one attached hydrogen (secondary N) is 2.